The van der Waals surface area contributed by atoms with E-state index in [9.17, 15) is 22.4 Å². The van der Waals surface area contributed by atoms with Gasteiger partial charge in [-0.2, -0.15) is 0 Å². The molecule has 0 saturated heterocycles. The molecule has 0 atom stereocenters. The fraction of sp³-hybridized carbons (Fsp3) is 0.400. The van der Waals surface area contributed by atoms with Gasteiger partial charge in [-0.05, 0) is 35.6 Å². The lowest BCUT2D eigenvalue weighted by Crippen LogP contribution is -2.21. The molecule has 106 valence electrons. The van der Waals surface area contributed by atoms with Crippen LogP contribution in [-0.4, -0.2) is 23.9 Å². The zero-order valence-corrected chi connectivity index (χ0v) is 11.7. The number of halogens is 5. The first-order valence-corrected chi connectivity index (χ1v) is 6.04. The lowest BCUT2D eigenvalue weighted by atomic mass is 10.2. The second-order valence-corrected chi connectivity index (χ2v) is 4.20. The highest BCUT2D eigenvalue weighted by molar-refractivity contribution is 14.1. The van der Waals surface area contributed by atoms with Gasteiger partial charge in [0, 0.05) is 0 Å². The molecule has 4 nitrogen and oxygen atoms in total. The van der Waals surface area contributed by atoms with Gasteiger partial charge in [-0.25, -0.2) is 14.2 Å². The SMILES string of the molecule is CCOC(=O)c1cc(CF)nc(I)c1OC(F)(F)F. The Bertz CT molecular complexity index is 479. The van der Waals surface area contributed by atoms with Crippen molar-refractivity contribution in [1.29, 1.82) is 0 Å². The van der Waals surface area contributed by atoms with Gasteiger partial charge in [-0.3, -0.25) is 0 Å². The van der Waals surface area contributed by atoms with Crippen molar-refractivity contribution in [2.75, 3.05) is 6.61 Å². The molecular formula is C10H8F4INO3. The van der Waals surface area contributed by atoms with Crippen molar-refractivity contribution < 1.29 is 31.8 Å². The third kappa shape index (κ3) is 4.48. The summed E-state index contributed by atoms with van der Waals surface area (Å²) < 4.78 is 57.3. The third-order valence-electron chi connectivity index (χ3n) is 1.83. The number of hydrogen-bond acceptors (Lipinski definition) is 4. The second kappa shape index (κ2) is 6.35. The average molecular weight is 393 g/mol. The van der Waals surface area contributed by atoms with Crippen LogP contribution < -0.4 is 4.74 Å². The van der Waals surface area contributed by atoms with E-state index in [1.54, 1.807) is 0 Å². The van der Waals surface area contributed by atoms with Gasteiger partial charge < -0.3 is 9.47 Å². The molecule has 1 aromatic heterocycles. The molecule has 0 amide bonds. The van der Waals surface area contributed by atoms with E-state index in [0.717, 1.165) is 6.07 Å². The molecule has 0 fully saturated rings. The molecule has 0 aliphatic rings. The minimum Gasteiger partial charge on any atom is -0.462 e. The Morgan fingerprint density at radius 2 is 2.11 bits per heavy atom. The maximum atomic E-state index is 12.5. The van der Waals surface area contributed by atoms with Crippen LogP contribution in [0, 0.1) is 3.70 Å². The lowest BCUT2D eigenvalue weighted by Gasteiger charge is -2.14. The van der Waals surface area contributed by atoms with E-state index >= 15 is 0 Å². The fourth-order valence-corrected chi connectivity index (χ4v) is 1.90. The quantitative estimate of drug-likeness (QED) is 0.341. The number of carbonyl (C=O) groups is 1. The Kier molecular flexibility index (Phi) is 5.32. The molecule has 0 aliphatic carbocycles. The summed E-state index contributed by atoms with van der Waals surface area (Å²) in [4.78, 5) is 15.1. The average Bonchev–Trinajstić information content (AvgIpc) is 2.30. The zero-order valence-electron chi connectivity index (χ0n) is 9.55. The Morgan fingerprint density at radius 1 is 1.47 bits per heavy atom. The summed E-state index contributed by atoms with van der Waals surface area (Å²) in [6.45, 7) is 0.438. The molecule has 0 aromatic carbocycles. The Hall–Kier alpha value is -1.13. The van der Waals surface area contributed by atoms with Crippen LogP contribution in [0.2, 0.25) is 0 Å². The minimum absolute atomic E-state index is 0.0336. The van der Waals surface area contributed by atoms with E-state index in [0.29, 0.717) is 0 Å². The monoisotopic (exact) mass is 393 g/mol. The number of rotatable bonds is 4. The third-order valence-corrected chi connectivity index (χ3v) is 2.57. The smallest absolute Gasteiger partial charge is 0.462 e. The first kappa shape index (κ1) is 15.9. The summed E-state index contributed by atoms with van der Waals surface area (Å²) in [5.41, 5.74) is -0.687. The Balaban J connectivity index is 3.29. The number of pyridine rings is 1. The number of alkyl halides is 4. The number of esters is 1. The molecule has 0 radical (unpaired) electrons. The summed E-state index contributed by atoms with van der Waals surface area (Å²) in [6, 6.07) is 0.876. The summed E-state index contributed by atoms with van der Waals surface area (Å²) >= 11 is 1.43. The number of ether oxygens (including phenoxy) is 2. The van der Waals surface area contributed by atoms with Crippen molar-refractivity contribution in [2.45, 2.75) is 20.0 Å². The van der Waals surface area contributed by atoms with Crippen molar-refractivity contribution in [3.05, 3.63) is 21.0 Å². The number of carbonyl (C=O) groups excluding carboxylic acids is 1. The van der Waals surface area contributed by atoms with Gasteiger partial charge in [-0.15, -0.1) is 13.2 Å². The van der Waals surface area contributed by atoms with Crippen molar-refractivity contribution in [3.63, 3.8) is 0 Å². The predicted octanol–water partition coefficient (Wildman–Crippen LogP) is 3.23. The number of aromatic nitrogens is 1. The van der Waals surface area contributed by atoms with Crippen LogP contribution in [-0.2, 0) is 11.4 Å². The molecule has 0 bridgehead atoms. The molecule has 0 saturated carbocycles. The van der Waals surface area contributed by atoms with E-state index in [1.165, 1.54) is 29.5 Å². The van der Waals surface area contributed by atoms with Gasteiger partial charge in [0.05, 0.1) is 12.3 Å². The standard InChI is InChI=1S/C10H8F4INO3/c1-2-18-9(17)6-3-5(4-11)16-8(15)7(6)19-10(12,13)14/h3H,2,4H2,1H3. The van der Waals surface area contributed by atoms with Crippen LogP contribution in [0.25, 0.3) is 0 Å². The Labute approximate surface area is 119 Å². The summed E-state index contributed by atoms with van der Waals surface area (Å²) in [5.74, 6) is -1.82. The first-order valence-electron chi connectivity index (χ1n) is 4.96. The normalized spacial score (nSPS) is 11.3. The highest BCUT2D eigenvalue weighted by Gasteiger charge is 2.35. The maximum Gasteiger partial charge on any atom is 0.573 e. The van der Waals surface area contributed by atoms with Gasteiger partial charge >= 0.3 is 12.3 Å². The minimum atomic E-state index is -4.99. The molecule has 1 aromatic rings. The zero-order chi connectivity index (χ0) is 14.6. The summed E-state index contributed by atoms with van der Waals surface area (Å²) in [5, 5.41) is 0. The Morgan fingerprint density at radius 3 is 2.58 bits per heavy atom. The van der Waals surface area contributed by atoms with Crippen molar-refractivity contribution in [1.82, 2.24) is 4.98 Å². The molecule has 0 unspecified atom stereocenters. The topological polar surface area (TPSA) is 48.4 Å². The predicted molar refractivity (Wildman–Crippen MR) is 64.4 cm³/mol. The molecule has 1 rings (SSSR count). The van der Waals surface area contributed by atoms with Crippen molar-refractivity contribution in [2.24, 2.45) is 0 Å². The fourth-order valence-electron chi connectivity index (χ4n) is 1.19. The van der Waals surface area contributed by atoms with Crippen LogP contribution >= 0.6 is 22.6 Å². The van der Waals surface area contributed by atoms with Crippen LogP contribution in [0.3, 0.4) is 0 Å². The molecular weight excluding hydrogens is 385 g/mol. The van der Waals surface area contributed by atoms with Crippen molar-refractivity contribution >= 4 is 28.6 Å². The lowest BCUT2D eigenvalue weighted by molar-refractivity contribution is -0.275. The van der Waals surface area contributed by atoms with Crippen molar-refractivity contribution in [3.8, 4) is 5.75 Å². The van der Waals surface area contributed by atoms with Gasteiger partial charge in [-0.1, -0.05) is 0 Å². The van der Waals surface area contributed by atoms with Gasteiger partial charge in [0.25, 0.3) is 0 Å². The van der Waals surface area contributed by atoms with E-state index in [4.69, 9.17) is 0 Å². The van der Waals surface area contributed by atoms with E-state index in [2.05, 4.69) is 14.5 Å². The molecule has 0 spiro atoms. The molecule has 1 heterocycles. The number of nitrogens with zero attached hydrogens (tertiary/aromatic N) is 1. The highest BCUT2D eigenvalue weighted by Crippen LogP contribution is 2.31. The van der Waals surface area contributed by atoms with E-state index < -0.39 is 30.3 Å². The molecule has 0 N–H and O–H groups in total. The van der Waals surface area contributed by atoms with Crippen LogP contribution in [0.1, 0.15) is 23.0 Å². The van der Waals surface area contributed by atoms with Crippen LogP contribution in [0.15, 0.2) is 6.07 Å². The highest BCUT2D eigenvalue weighted by atomic mass is 127. The van der Waals surface area contributed by atoms with Gasteiger partial charge in [0.15, 0.2) is 5.75 Å². The largest absolute Gasteiger partial charge is 0.573 e. The molecule has 19 heavy (non-hydrogen) atoms. The summed E-state index contributed by atoms with van der Waals surface area (Å²) in [6.07, 6.45) is -4.99. The van der Waals surface area contributed by atoms with Gasteiger partial charge in [0.1, 0.15) is 15.9 Å². The maximum absolute atomic E-state index is 12.5. The van der Waals surface area contributed by atoms with E-state index in [-0.39, 0.29) is 16.0 Å². The van der Waals surface area contributed by atoms with Gasteiger partial charge in [0.2, 0.25) is 0 Å². The van der Waals surface area contributed by atoms with E-state index in [1.807, 2.05) is 0 Å². The molecule has 0 aliphatic heterocycles. The second-order valence-electron chi connectivity index (χ2n) is 3.18. The first-order chi connectivity index (χ1) is 8.78. The van der Waals surface area contributed by atoms with Crippen LogP contribution in [0.4, 0.5) is 17.6 Å². The summed E-state index contributed by atoms with van der Waals surface area (Å²) in [7, 11) is 0. The van der Waals surface area contributed by atoms with Crippen LogP contribution in [0.5, 0.6) is 5.75 Å². The number of hydrogen-bond donors (Lipinski definition) is 0. The molecule has 9 heteroatoms.